The van der Waals surface area contributed by atoms with Gasteiger partial charge in [-0.1, -0.05) is 24.6 Å². The summed E-state index contributed by atoms with van der Waals surface area (Å²) in [6, 6.07) is 7.00. The number of nitrogens with zero attached hydrogens (tertiary/aromatic N) is 1. The SMILES string of the molecule is NCC(CN1CCCCC1)c1ccccc1F. The van der Waals surface area contributed by atoms with Gasteiger partial charge in [-0.2, -0.15) is 0 Å². The molecule has 1 aromatic rings. The molecular formula is C14H21FN2. The lowest BCUT2D eigenvalue weighted by atomic mass is 9.97. The Morgan fingerprint density at radius 1 is 1.18 bits per heavy atom. The van der Waals surface area contributed by atoms with Crippen LogP contribution in [0.4, 0.5) is 4.39 Å². The van der Waals surface area contributed by atoms with E-state index < -0.39 is 0 Å². The first-order valence-electron chi connectivity index (χ1n) is 6.48. The molecule has 1 atom stereocenters. The topological polar surface area (TPSA) is 29.3 Å². The van der Waals surface area contributed by atoms with E-state index in [4.69, 9.17) is 5.73 Å². The van der Waals surface area contributed by atoms with Crippen molar-refractivity contribution in [2.45, 2.75) is 25.2 Å². The highest BCUT2D eigenvalue weighted by Crippen LogP contribution is 2.21. The molecule has 1 unspecified atom stereocenters. The highest BCUT2D eigenvalue weighted by atomic mass is 19.1. The van der Waals surface area contributed by atoms with Crippen molar-refractivity contribution < 1.29 is 4.39 Å². The molecule has 0 radical (unpaired) electrons. The van der Waals surface area contributed by atoms with Gasteiger partial charge in [0.25, 0.3) is 0 Å². The van der Waals surface area contributed by atoms with Crippen LogP contribution >= 0.6 is 0 Å². The summed E-state index contributed by atoms with van der Waals surface area (Å²) in [6.07, 6.45) is 3.84. The molecule has 1 aliphatic rings. The lowest BCUT2D eigenvalue weighted by molar-refractivity contribution is 0.215. The number of hydrogen-bond donors (Lipinski definition) is 1. The molecular weight excluding hydrogens is 215 g/mol. The summed E-state index contributed by atoms with van der Waals surface area (Å²) < 4.78 is 13.7. The van der Waals surface area contributed by atoms with Crippen molar-refractivity contribution in [2.75, 3.05) is 26.2 Å². The molecule has 1 fully saturated rings. The Kier molecular flexibility index (Phi) is 4.51. The van der Waals surface area contributed by atoms with Crippen molar-refractivity contribution in [3.05, 3.63) is 35.6 Å². The average molecular weight is 236 g/mol. The van der Waals surface area contributed by atoms with Gasteiger partial charge in [0.2, 0.25) is 0 Å². The molecule has 0 saturated carbocycles. The fourth-order valence-electron chi connectivity index (χ4n) is 2.56. The van der Waals surface area contributed by atoms with Crippen LogP contribution in [0.15, 0.2) is 24.3 Å². The van der Waals surface area contributed by atoms with Gasteiger partial charge in [-0.05, 0) is 37.6 Å². The Morgan fingerprint density at radius 2 is 1.88 bits per heavy atom. The second kappa shape index (κ2) is 6.12. The summed E-state index contributed by atoms with van der Waals surface area (Å²) in [6.45, 7) is 3.66. The zero-order chi connectivity index (χ0) is 12.1. The van der Waals surface area contributed by atoms with Gasteiger partial charge in [0.05, 0.1) is 0 Å². The summed E-state index contributed by atoms with van der Waals surface area (Å²) >= 11 is 0. The van der Waals surface area contributed by atoms with E-state index in [9.17, 15) is 4.39 Å². The Morgan fingerprint density at radius 3 is 2.53 bits per heavy atom. The molecule has 0 amide bonds. The maximum Gasteiger partial charge on any atom is 0.126 e. The van der Waals surface area contributed by atoms with Crippen LogP contribution in [0.5, 0.6) is 0 Å². The maximum absolute atomic E-state index is 13.7. The van der Waals surface area contributed by atoms with Crippen LogP contribution in [-0.4, -0.2) is 31.1 Å². The summed E-state index contributed by atoms with van der Waals surface area (Å²) in [5, 5.41) is 0. The summed E-state index contributed by atoms with van der Waals surface area (Å²) in [7, 11) is 0. The molecule has 2 nitrogen and oxygen atoms in total. The van der Waals surface area contributed by atoms with E-state index in [2.05, 4.69) is 4.90 Å². The largest absolute Gasteiger partial charge is 0.330 e. The third-order valence-corrected chi connectivity index (χ3v) is 3.56. The fraction of sp³-hybridized carbons (Fsp3) is 0.571. The molecule has 1 saturated heterocycles. The molecule has 1 aliphatic heterocycles. The van der Waals surface area contributed by atoms with Crippen molar-refractivity contribution in [3.63, 3.8) is 0 Å². The fourth-order valence-corrected chi connectivity index (χ4v) is 2.56. The van der Waals surface area contributed by atoms with E-state index in [1.54, 1.807) is 6.07 Å². The number of rotatable bonds is 4. The van der Waals surface area contributed by atoms with Crippen LogP contribution in [0.2, 0.25) is 0 Å². The molecule has 0 spiro atoms. The number of hydrogen-bond acceptors (Lipinski definition) is 2. The lowest BCUT2D eigenvalue weighted by Crippen LogP contribution is -2.35. The van der Waals surface area contributed by atoms with Crippen molar-refractivity contribution in [1.29, 1.82) is 0 Å². The van der Waals surface area contributed by atoms with Crippen molar-refractivity contribution in [3.8, 4) is 0 Å². The first-order valence-corrected chi connectivity index (χ1v) is 6.48. The number of benzene rings is 1. The molecule has 1 heterocycles. The van der Waals surface area contributed by atoms with Crippen molar-refractivity contribution in [2.24, 2.45) is 5.73 Å². The van der Waals surface area contributed by atoms with Gasteiger partial charge in [0.1, 0.15) is 5.82 Å². The molecule has 0 aromatic heterocycles. The Bertz CT molecular complexity index is 348. The minimum Gasteiger partial charge on any atom is -0.330 e. The summed E-state index contributed by atoms with van der Waals surface area (Å²) in [5.41, 5.74) is 6.56. The lowest BCUT2D eigenvalue weighted by Gasteiger charge is -2.30. The second-order valence-corrected chi connectivity index (χ2v) is 4.82. The van der Waals surface area contributed by atoms with Gasteiger partial charge in [-0.15, -0.1) is 0 Å². The van der Waals surface area contributed by atoms with Crippen LogP contribution in [0.25, 0.3) is 0 Å². The van der Waals surface area contributed by atoms with E-state index in [0.29, 0.717) is 6.54 Å². The number of nitrogens with two attached hydrogens (primary N) is 1. The highest BCUT2D eigenvalue weighted by molar-refractivity contribution is 5.22. The average Bonchev–Trinajstić information content (AvgIpc) is 2.38. The van der Waals surface area contributed by atoms with Gasteiger partial charge >= 0.3 is 0 Å². The smallest absolute Gasteiger partial charge is 0.126 e. The third kappa shape index (κ3) is 3.27. The van der Waals surface area contributed by atoms with Crippen molar-refractivity contribution >= 4 is 0 Å². The molecule has 3 heteroatoms. The van der Waals surface area contributed by atoms with E-state index >= 15 is 0 Å². The molecule has 2 N–H and O–H groups in total. The van der Waals surface area contributed by atoms with Gasteiger partial charge in [-0.25, -0.2) is 4.39 Å². The van der Waals surface area contributed by atoms with Gasteiger partial charge in [0, 0.05) is 19.0 Å². The minimum atomic E-state index is -0.125. The summed E-state index contributed by atoms with van der Waals surface area (Å²) in [5.74, 6) is -0.00532. The number of halogens is 1. The first-order chi connectivity index (χ1) is 8.31. The Hall–Kier alpha value is -0.930. The number of likely N-dealkylation sites (tertiary alicyclic amines) is 1. The Balaban J connectivity index is 2.03. The standard InChI is InChI=1S/C14H21FN2/c15-14-7-3-2-6-13(14)12(10-16)11-17-8-4-1-5-9-17/h2-3,6-7,12H,1,4-5,8-11,16H2. The molecule has 0 bridgehead atoms. The zero-order valence-corrected chi connectivity index (χ0v) is 10.2. The maximum atomic E-state index is 13.7. The van der Waals surface area contributed by atoms with Crippen molar-refractivity contribution in [1.82, 2.24) is 4.90 Å². The summed E-state index contributed by atoms with van der Waals surface area (Å²) in [4.78, 5) is 2.41. The van der Waals surface area contributed by atoms with Crippen LogP contribution in [0.1, 0.15) is 30.7 Å². The van der Waals surface area contributed by atoms with Crippen LogP contribution < -0.4 is 5.73 Å². The van der Waals surface area contributed by atoms with Gasteiger partial charge in [-0.3, -0.25) is 0 Å². The van der Waals surface area contributed by atoms with Gasteiger partial charge < -0.3 is 10.6 Å². The normalized spacial score (nSPS) is 19.2. The molecule has 2 rings (SSSR count). The predicted molar refractivity (Wildman–Crippen MR) is 68.5 cm³/mol. The van der Waals surface area contributed by atoms with E-state index in [1.807, 2.05) is 12.1 Å². The zero-order valence-electron chi connectivity index (χ0n) is 10.2. The number of piperidine rings is 1. The minimum absolute atomic E-state index is 0.120. The van der Waals surface area contributed by atoms with E-state index in [1.165, 1.54) is 25.3 Å². The van der Waals surface area contributed by atoms with Crippen LogP contribution in [0, 0.1) is 5.82 Å². The molecule has 17 heavy (non-hydrogen) atoms. The molecule has 94 valence electrons. The predicted octanol–water partition coefficient (Wildman–Crippen LogP) is 2.35. The second-order valence-electron chi connectivity index (χ2n) is 4.82. The van der Waals surface area contributed by atoms with E-state index in [0.717, 1.165) is 25.2 Å². The monoisotopic (exact) mass is 236 g/mol. The first kappa shape index (κ1) is 12.5. The molecule has 0 aliphatic carbocycles. The molecule has 1 aromatic carbocycles. The van der Waals surface area contributed by atoms with E-state index in [-0.39, 0.29) is 11.7 Å². The van der Waals surface area contributed by atoms with Gasteiger partial charge in [0.15, 0.2) is 0 Å². The van der Waals surface area contributed by atoms with Crippen LogP contribution in [0.3, 0.4) is 0 Å². The van der Waals surface area contributed by atoms with Crippen LogP contribution in [-0.2, 0) is 0 Å². The highest BCUT2D eigenvalue weighted by Gasteiger charge is 2.19. The quantitative estimate of drug-likeness (QED) is 0.869. The Labute approximate surface area is 103 Å². The third-order valence-electron chi connectivity index (χ3n) is 3.56.